The van der Waals surface area contributed by atoms with Crippen molar-refractivity contribution in [2.24, 2.45) is 5.92 Å². The second-order valence-electron chi connectivity index (χ2n) is 8.68. The van der Waals surface area contributed by atoms with Crippen LogP contribution in [-0.2, 0) is 10.0 Å². The molecule has 0 bridgehead atoms. The third-order valence-corrected chi connectivity index (χ3v) is 8.09. The van der Waals surface area contributed by atoms with E-state index in [0.29, 0.717) is 38.2 Å². The maximum Gasteiger partial charge on any atom is 0.415 e. The Morgan fingerprint density at radius 1 is 1.03 bits per heavy atom. The van der Waals surface area contributed by atoms with E-state index < -0.39 is 22.0 Å². The summed E-state index contributed by atoms with van der Waals surface area (Å²) in [5, 5.41) is 5.46. The van der Waals surface area contributed by atoms with Crippen molar-refractivity contribution in [1.82, 2.24) is 14.2 Å². The molecule has 186 valence electrons. The number of hydrogen-bond acceptors (Lipinski definition) is 6. The third-order valence-electron chi connectivity index (χ3n) is 6.34. The van der Waals surface area contributed by atoms with Crippen LogP contribution in [0.4, 0.5) is 10.5 Å². The minimum Gasteiger partial charge on any atom is -0.410 e. The van der Waals surface area contributed by atoms with E-state index in [-0.39, 0.29) is 33.7 Å². The number of ether oxygens (including phenoxy) is 1. The minimum atomic E-state index is -3.97. The molecule has 3 amide bonds. The molecule has 3 heterocycles. The van der Waals surface area contributed by atoms with Gasteiger partial charge >= 0.3 is 6.09 Å². The smallest absolute Gasteiger partial charge is 0.410 e. The lowest BCUT2D eigenvalue weighted by Crippen LogP contribution is -2.42. The average Bonchev–Trinajstić information content (AvgIpc) is 3.37. The molecule has 36 heavy (non-hydrogen) atoms. The van der Waals surface area contributed by atoms with Gasteiger partial charge in [-0.15, -0.1) is 0 Å². The Bertz CT molecular complexity index is 1430. The molecule has 0 atom stereocenters. The predicted molar refractivity (Wildman–Crippen MR) is 131 cm³/mol. The number of anilines is 1. The summed E-state index contributed by atoms with van der Waals surface area (Å²) in [6.45, 7) is 1.46. The minimum absolute atomic E-state index is 0.00352. The highest BCUT2D eigenvalue weighted by Crippen LogP contribution is 2.30. The van der Waals surface area contributed by atoms with Crippen LogP contribution in [0.3, 0.4) is 0 Å². The van der Waals surface area contributed by atoms with Gasteiger partial charge in [-0.1, -0.05) is 18.2 Å². The SMILES string of the molecule is O=C(NCC1CCN(C(=O)Oc2ccccc2)CC1)c1ccc2c(c1)NC(=O)c1cccn1S2(=O)=O. The molecule has 2 aliphatic heterocycles. The number of nitrogens with one attached hydrogen (secondary N) is 2. The molecule has 1 fully saturated rings. The zero-order valence-corrected chi connectivity index (χ0v) is 20.0. The maximum absolute atomic E-state index is 12.9. The lowest BCUT2D eigenvalue weighted by atomic mass is 9.97. The molecule has 0 spiro atoms. The summed E-state index contributed by atoms with van der Waals surface area (Å²) < 4.78 is 32.2. The van der Waals surface area contributed by atoms with E-state index in [1.54, 1.807) is 29.2 Å². The van der Waals surface area contributed by atoms with Crippen molar-refractivity contribution in [3.8, 4) is 5.75 Å². The van der Waals surface area contributed by atoms with E-state index in [0.717, 1.165) is 3.97 Å². The van der Waals surface area contributed by atoms with Crippen LogP contribution in [0.15, 0.2) is 71.8 Å². The Hall–Kier alpha value is -4.12. The fraction of sp³-hybridized carbons (Fsp3) is 0.240. The number of rotatable bonds is 4. The van der Waals surface area contributed by atoms with Gasteiger partial charge in [-0.3, -0.25) is 9.59 Å². The second-order valence-corrected chi connectivity index (χ2v) is 10.5. The first-order valence-electron chi connectivity index (χ1n) is 11.5. The van der Waals surface area contributed by atoms with Gasteiger partial charge < -0.3 is 20.3 Å². The van der Waals surface area contributed by atoms with Gasteiger partial charge in [0.2, 0.25) is 0 Å². The molecular formula is C25H24N4O6S. The summed E-state index contributed by atoms with van der Waals surface area (Å²) in [7, 11) is -3.97. The first-order chi connectivity index (χ1) is 17.3. The van der Waals surface area contributed by atoms with Gasteiger partial charge in [0.15, 0.2) is 0 Å². The molecule has 10 nitrogen and oxygen atoms in total. The van der Waals surface area contributed by atoms with Gasteiger partial charge in [-0.05, 0) is 61.2 Å². The fourth-order valence-electron chi connectivity index (χ4n) is 4.35. The number of fused-ring (bicyclic) bond motifs is 2. The molecule has 0 saturated carbocycles. The summed E-state index contributed by atoms with van der Waals surface area (Å²) >= 11 is 0. The number of amides is 3. The highest BCUT2D eigenvalue weighted by atomic mass is 32.2. The molecule has 1 saturated heterocycles. The van der Waals surface area contributed by atoms with Crippen LogP contribution in [0.25, 0.3) is 0 Å². The van der Waals surface area contributed by atoms with Crippen LogP contribution in [0.2, 0.25) is 0 Å². The van der Waals surface area contributed by atoms with Crippen molar-refractivity contribution in [3.05, 3.63) is 78.1 Å². The Balaban J connectivity index is 1.18. The zero-order chi connectivity index (χ0) is 25.3. The Labute approximate surface area is 207 Å². The monoisotopic (exact) mass is 508 g/mol. The Kier molecular flexibility index (Phi) is 6.23. The van der Waals surface area contributed by atoms with E-state index in [1.165, 1.54) is 36.5 Å². The molecule has 0 radical (unpaired) electrons. The van der Waals surface area contributed by atoms with Crippen LogP contribution in [-0.4, -0.2) is 54.8 Å². The lowest BCUT2D eigenvalue weighted by Gasteiger charge is -2.31. The summed E-state index contributed by atoms with van der Waals surface area (Å²) in [5.41, 5.74) is 0.289. The Morgan fingerprint density at radius 2 is 1.78 bits per heavy atom. The van der Waals surface area contributed by atoms with Crippen molar-refractivity contribution in [1.29, 1.82) is 0 Å². The van der Waals surface area contributed by atoms with Gasteiger partial charge in [-0.25, -0.2) is 17.2 Å². The molecule has 0 aliphatic carbocycles. The van der Waals surface area contributed by atoms with E-state index in [9.17, 15) is 22.8 Å². The maximum atomic E-state index is 12.9. The number of benzene rings is 2. The largest absolute Gasteiger partial charge is 0.415 e. The summed E-state index contributed by atoms with van der Waals surface area (Å²) in [6.07, 6.45) is 2.34. The average molecular weight is 509 g/mol. The first-order valence-corrected chi connectivity index (χ1v) is 13.0. The third kappa shape index (κ3) is 4.57. The highest BCUT2D eigenvalue weighted by Gasteiger charge is 2.31. The Morgan fingerprint density at radius 3 is 2.53 bits per heavy atom. The van der Waals surface area contributed by atoms with Crippen LogP contribution < -0.4 is 15.4 Å². The molecule has 1 aromatic heterocycles. The van der Waals surface area contributed by atoms with Gasteiger partial charge in [-0.2, -0.15) is 0 Å². The number of aromatic nitrogens is 1. The number of hydrogen-bond donors (Lipinski definition) is 2. The van der Waals surface area contributed by atoms with Crippen molar-refractivity contribution in [3.63, 3.8) is 0 Å². The first kappa shape index (κ1) is 23.6. The topological polar surface area (TPSA) is 127 Å². The van der Waals surface area contributed by atoms with Crippen LogP contribution in [0, 0.1) is 5.92 Å². The molecule has 5 rings (SSSR count). The summed E-state index contributed by atoms with van der Waals surface area (Å²) in [5.74, 6) is -0.270. The number of likely N-dealkylation sites (tertiary alicyclic amines) is 1. The van der Waals surface area contributed by atoms with Crippen molar-refractivity contribution < 1.29 is 27.5 Å². The summed E-state index contributed by atoms with van der Waals surface area (Å²) in [4.78, 5) is 39.2. The van der Waals surface area contributed by atoms with Crippen molar-refractivity contribution in [2.45, 2.75) is 17.7 Å². The fourth-order valence-corrected chi connectivity index (χ4v) is 5.82. The van der Waals surface area contributed by atoms with Crippen molar-refractivity contribution >= 4 is 33.6 Å². The molecule has 0 unspecified atom stereocenters. The second kappa shape index (κ2) is 9.50. The lowest BCUT2D eigenvalue weighted by molar-refractivity contribution is 0.0930. The quantitative estimate of drug-likeness (QED) is 0.558. The highest BCUT2D eigenvalue weighted by molar-refractivity contribution is 7.90. The zero-order valence-electron chi connectivity index (χ0n) is 19.2. The van der Waals surface area contributed by atoms with Crippen LogP contribution in [0.1, 0.15) is 33.7 Å². The van der Waals surface area contributed by atoms with E-state index in [2.05, 4.69) is 10.6 Å². The number of carbonyl (C=O) groups is 3. The van der Waals surface area contributed by atoms with Crippen LogP contribution in [0.5, 0.6) is 5.75 Å². The standard InChI is InChI=1S/C25H24N4O6S/c30-23(26-16-17-10-13-28(14-11-17)25(32)35-19-5-2-1-3-6-19)18-8-9-22-20(15-18)27-24(31)21-7-4-12-29(21)36(22,33)34/h1-9,12,15,17H,10-11,13-14,16H2,(H,26,30)(H,27,31). The summed E-state index contributed by atoms with van der Waals surface area (Å²) in [6, 6.07) is 15.9. The molecule has 2 aliphatic rings. The molecule has 3 aromatic rings. The number of nitrogens with zero attached hydrogens (tertiary/aromatic N) is 2. The van der Waals surface area contributed by atoms with Gasteiger partial charge in [0, 0.05) is 31.4 Å². The molecule has 2 N–H and O–H groups in total. The normalized spacial score (nSPS) is 16.8. The molecular weight excluding hydrogens is 484 g/mol. The van der Waals surface area contributed by atoms with E-state index in [4.69, 9.17) is 4.74 Å². The number of para-hydroxylation sites is 1. The van der Waals surface area contributed by atoms with Gasteiger partial charge in [0.05, 0.1) is 5.69 Å². The van der Waals surface area contributed by atoms with E-state index >= 15 is 0 Å². The number of piperidine rings is 1. The van der Waals surface area contributed by atoms with Crippen LogP contribution >= 0.6 is 0 Å². The van der Waals surface area contributed by atoms with Gasteiger partial charge in [0.1, 0.15) is 16.3 Å². The molecule has 2 aromatic carbocycles. The van der Waals surface area contributed by atoms with Crippen molar-refractivity contribution in [2.75, 3.05) is 25.0 Å². The predicted octanol–water partition coefficient (Wildman–Crippen LogP) is 2.93. The number of carbonyl (C=O) groups excluding carboxylic acids is 3. The van der Waals surface area contributed by atoms with E-state index in [1.807, 2.05) is 6.07 Å². The molecule has 11 heteroatoms. The van der Waals surface area contributed by atoms with Gasteiger partial charge in [0.25, 0.3) is 21.8 Å².